The summed E-state index contributed by atoms with van der Waals surface area (Å²) in [7, 11) is 0. The Morgan fingerprint density at radius 3 is 1.89 bits per heavy atom. The van der Waals surface area contributed by atoms with Crippen LogP contribution in [-0.2, 0) is 5.54 Å². The van der Waals surface area contributed by atoms with Crippen LogP contribution in [0.2, 0.25) is 0 Å². The van der Waals surface area contributed by atoms with Crippen molar-refractivity contribution in [2.75, 3.05) is 0 Å². The van der Waals surface area contributed by atoms with Gasteiger partial charge in [-0.2, -0.15) is 5.10 Å². The number of rotatable bonds is 4. The van der Waals surface area contributed by atoms with Gasteiger partial charge in [-0.05, 0) is 24.1 Å². The molecule has 0 aliphatic heterocycles. The molecular formula is C23H19N3O2. The number of aromatic amines is 1. The van der Waals surface area contributed by atoms with E-state index in [1.54, 1.807) is 24.3 Å². The molecule has 5 heteroatoms. The third-order valence-electron chi connectivity index (χ3n) is 4.98. The third kappa shape index (κ3) is 3.07. The van der Waals surface area contributed by atoms with Crippen molar-refractivity contribution in [3.05, 3.63) is 112 Å². The highest BCUT2D eigenvalue weighted by molar-refractivity contribution is 6.05. The van der Waals surface area contributed by atoms with Gasteiger partial charge in [-0.25, -0.2) is 5.10 Å². The van der Waals surface area contributed by atoms with E-state index in [9.17, 15) is 9.59 Å². The van der Waals surface area contributed by atoms with Crippen molar-refractivity contribution in [2.45, 2.75) is 12.5 Å². The number of aromatic nitrogens is 2. The molecule has 2 N–H and O–H groups in total. The van der Waals surface area contributed by atoms with Crippen LogP contribution >= 0.6 is 0 Å². The van der Waals surface area contributed by atoms with E-state index in [0.29, 0.717) is 10.8 Å². The van der Waals surface area contributed by atoms with E-state index >= 15 is 0 Å². The Morgan fingerprint density at radius 1 is 0.821 bits per heavy atom. The van der Waals surface area contributed by atoms with E-state index in [0.717, 1.165) is 11.1 Å². The maximum Gasteiger partial charge on any atom is 0.273 e. The second-order valence-corrected chi connectivity index (χ2v) is 6.76. The summed E-state index contributed by atoms with van der Waals surface area (Å²) in [6.07, 6.45) is 0. The summed E-state index contributed by atoms with van der Waals surface area (Å²) < 4.78 is 0. The number of fused-ring (bicyclic) bond motifs is 1. The number of benzene rings is 3. The number of nitrogens with one attached hydrogen (secondary N) is 2. The minimum Gasteiger partial charge on any atom is -0.337 e. The summed E-state index contributed by atoms with van der Waals surface area (Å²) in [6.45, 7) is 1.96. The van der Waals surface area contributed by atoms with E-state index < -0.39 is 5.54 Å². The van der Waals surface area contributed by atoms with Gasteiger partial charge >= 0.3 is 0 Å². The smallest absolute Gasteiger partial charge is 0.273 e. The highest BCUT2D eigenvalue weighted by atomic mass is 16.2. The van der Waals surface area contributed by atoms with E-state index in [1.165, 1.54) is 0 Å². The number of carbonyl (C=O) groups excluding carboxylic acids is 1. The zero-order chi connectivity index (χ0) is 19.6. The number of hydrogen-bond acceptors (Lipinski definition) is 3. The molecule has 1 heterocycles. The number of amides is 1. The second kappa shape index (κ2) is 7.12. The van der Waals surface area contributed by atoms with Crippen LogP contribution in [0.25, 0.3) is 10.8 Å². The fraction of sp³-hybridized carbons (Fsp3) is 0.0870. The van der Waals surface area contributed by atoms with Gasteiger partial charge in [0.05, 0.1) is 10.9 Å². The van der Waals surface area contributed by atoms with Gasteiger partial charge in [0.15, 0.2) is 5.69 Å². The number of H-pyrrole nitrogens is 1. The summed E-state index contributed by atoms with van der Waals surface area (Å²) in [5, 5.41) is 10.5. The maximum atomic E-state index is 13.2. The van der Waals surface area contributed by atoms with Gasteiger partial charge in [0.2, 0.25) is 0 Å². The van der Waals surface area contributed by atoms with Crippen molar-refractivity contribution < 1.29 is 4.79 Å². The Balaban J connectivity index is 1.82. The average Bonchev–Trinajstić information content (AvgIpc) is 2.75. The first-order valence-corrected chi connectivity index (χ1v) is 9.00. The molecule has 1 aromatic heterocycles. The van der Waals surface area contributed by atoms with Crippen LogP contribution in [0.5, 0.6) is 0 Å². The van der Waals surface area contributed by atoms with Gasteiger partial charge in [0.25, 0.3) is 11.5 Å². The van der Waals surface area contributed by atoms with Crippen LogP contribution < -0.4 is 10.9 Å². The lowest BCUT2D eigenvalue weighted by molar-refractivity contribution is 0.0914. The van der Waals surface area contributed by atoms with Crippen molar-refractivity contribution in [1.82, 2.24) is 15.5 Å². The van der Waals surface area contributed by atoms with Crippen LogP contribution in [0.3, 0.4) is 0 Å². The maximum absolute atomic E-state index is 13.2. The second-order valence-electron chi connectivity index (χ2n) is 6.76. The molecule has 138 valence electrons. The lowest BCUT2D eigenvalue weighted by atomic mass is 9.84. The summed E-state index contributed by atoms with van der Waals surface area (Å²) in [4.78, 5) is 25.3. The quantitative estimate of drug-likeness (QED) is 0.577. The molecule has 0 bridgehead atoms. The van der Waals surface area contributed by atoms with Gasteiger partial charge < -0.3 is 5.32 Å². The Labute approximate surface area is 162 Å². The molecule has 4 rings (SSSR count). The first-order valence-electron chi connectivity index (χ1n) is 9.00. The fourth-order valence-electron chi connectivity index (χ4n) is 3.43. The molecule has 0 unspecified atom stereocenters. The SMILES string of the molecule is CC(NC(=O)c1n[nH]c(=O)c2ccccc12)(c1ccccc1)c1ccccc1. The Hall–Kier alpha value is -3.73. The number of nitrogens with zero attached hydrogens (tertiary/aromatic N) is 1. The Kier molecular flexibility index (Phi) is 4.49. The van der Waals surface area contributed by atoms with Gasteiger partial charge in [-0.3, -0.25) is 9.59 Å². The van der Waals surface area contributed by atoms with E-state index in [4.69, 9.17) is 0 Å². The predicted octanol–water partition coefficient (Wildman–Crippen LogP) is 3.62. The van der Waals surface area contributed by atoms with E-state index in [-0.39, 0.29) is 17.2 Å². The topological polar surface area (TPSA) is 74.8 Å². The lowest BCUT2D eigenvalue weighted by Crippen LogP contribution is -2.45. The standard InChI is InChI=1S/C23H19N3O2/c1-23(16-10-4-2-5-11-16,17-12-6-3-7-13-17)24-22(28)20-18-14-8-9-15-19(18)21(27)26-25-20/h2-15H,1H3,(H,24,28)(H,26,27). The molecule has 0 saturated heterocycles. The summed E-state index contributed by atoms with van der Waals surface area (Å²) in [6, 6.07) is 26.5. The first kappa shape index (κ1) is 17.7. The van der Waals surface area contributed by atoms with Crippen molar-refractivity contribution >= 4 is 16.7 Å². The normalized spacial score (nSPS) is 11.3. The van der Waals surface area contributed by atoms with E-state index in [1.807, 2.05) is 67.6 Å². The van der Waals surface area contributed by atoms with Gasteiger partial charge in [0.1, 0.15) is 0 Å². The lowest BCUT2D eigenvalue weighted by Gasteiger charge is -2.32. The predicted molar refractivity (Wildman–Crippen MR) is 109 cm³/mol. The largest absolute Gasteiger partial charge is 0.337 e. The van der Waals surface area contributed by atoms with Crippen LogP contribution in [0.1, 0.15) is 28.5 Å². The van der Waals surface area contributed by atoms with Crippen molar-refractivity contribution in [1.29, 1.82) is 0 Å². The molecule has 5 nitrogen and oxygen atoms in total. The summed E-state index contributed by atoms with van der Waals surface area (Å²) in [5.74, 6) is -0.359. The highest BCUT2D eigenvalue weighted by Crippen LogP contribution is 2.29. The van der Waals surface area contributed by atoms with Crippen LogP contribution in [0.15, 0.2) is 89.7 Å². The van der Waals surface area contributed by atoms with Gasteiger partial charge in [-0.1, -0.05) is 78.9 Å². The average molecular weight is 369 g/mol. The minimum atomic E-state index is -0.765. The molecule has 0 radical (unpaired) electrons. The zero-order valence-corrected chi connectivity index (χ0v) is 15.3. The van der Waals surface area contributed by atoms with Gasteiger partial charge in [-0.15, -0.1) is 0 Å². The van der Waals surface area contributed by atoms with Crippen LogP contribution in [0.4, 0.5) is 0 Å². The number of carbonyl (C=O) groups is 1. The molecule has 0 fully saturated rings. The summed E-state index contributed by atoms with van der Waals surface area (Å²) in [5.41, 5.74) is 0.999. The van der Waals surface area contributed by atoms with Gasteiger partial charge in [0, 0.05) is 5.39 Å². The molecule has 0 aliphatic rings. The van der Waals surface area contributed by atoms with Crippen molar-refractivity contribution in [3.63, 3.8) is 0 Å². The van der Waals surface area contributed by atoms with Crippen molar-refractivity contribution in [2.24, 2.45) is 0 Å². The molecule has 0 saturated carbocycles. The summed E-state index contributed by atoms with van der Waals surface area (Å²) >= 11 is 0. The van der Waals surface area contributed by atoms with Crippen LogP contribution in [-0.4, -0.2) is 16.1 Å². The minimum absolute atomic E-state index is 0.188. The van der Waals surface area contributed by atoms with Crippen molar-refractivity contribution in [3.8, 4) is 0 Å². The molecule has 28 heavy (non-hydrogen) atoms. The van der Waals surface area contributed by atoms with E-state index in [2.05, 4.69) is 15.5 Å². The molecule has 1 amide bonds. The van der Waals surface area contributed by atoms with Crippen LogP contribution in [0, 0.1) is 0 Å². The molecule has 0 aliphatic carbocycles. The monoisotopic (exact) mass is 369 g/mol. The highest BCUT2D eigenvalue weighted by Gasteiger charge is 2.32. The molecule has 0 atom stereocenters. The molecular weight excluding hydrogens is 350 g/mol. The molecule has 4 aromatic rings. The third-order valence-corrected chi connectivity index (χ3v) is 4.98. The molecule has 0 spiro atoms. The Morgan fingerprint density at radius 2 is 1.32 bits per heavy atom. The zero-order valence-electron chi connectivity index (χ0n) is 15.3. The first-order chi connectivity index (χ1) is 13.6. The Bertz CT molecular complexity index is 1150. The molecule has 3 aromatic carbocycles. The number of hydrogen-bond donors (Lipinski definition) is 2. The fourth-order valence-corrected chi connectivity index (χ4v) is 3.43.